The Hall–Kier alpha value is -0.803. The van der Waals surface area contributed by atoms with Crippen LogP contribution < -0.4 is 4.43 Å². The van der Waals surface area contributed by atoms with E-state index in [-0.39, 0.29) is 0 Å². The molecule has 0 amide bonds. The van der Waals surface area contributed by atoms with Crippen molar-refractivity contribution in [1.29, 1.82) is 0 Å². The van der Waals surface area contributed by atoms with Crippen LogP contribution in [0.2, 0.25) is 12.1 Å². The average molecular weight is 435 g/mol. The van der Waals surface area contributed by atoms with Gasteiger partial charge in [0.05, 0.1) is 0 Å². The van der Waals surface area contributed by atoms with Gasteiger partial charge in [-0.05, 0) is 55.6 Å². The molecule has 174 valence electrons. The summed E-state index contributed by atoms with van der Waals surface area (Å²) < 4.78 is 12.9. The molecule has 0 atom stereocenters. The summed E-state index contributed by atoms with van der Waals surface area (Å²) in [6.07, 6.45) is 18.0. The molecule has 0 aliphatic carbocycles. The molecule has 0 aliphatic rings. The second kappa shape index (κ2) is 16.8. The molecule has 0 unspecified atom stereocenters. The van der Waals surface area contributed by atoms with Crippen molar-refractivity contribution in [1.82, 2.24) is 0 Å². The van der Waals surface area contributed by atoms with E-state index in [4.69, 9.17) is 8.85 Å². The number of aryl methyl sites for hydroxylation is 2. The highest BCUT2D eigenvalue weighted by atomic mass is 28.4. The molecule has 0 fully saturated rings. The van der Waals surface area contributed by atoms with Crippen molar-refractivity contribution in [3.63, 3.8) is 0 Å². The lowest BCUT2D eigenvalue weighted by Crippen LogP contribution is -2.44. The molecular formula is C27H50O2Si. The monoisotopic (exact) mass is 434 g/mol. The van der Waals surface area contributed by atoms with Crippen molar-refractivity contribution in [2.75, 3.05) is 6.61 Å². The van der Waals surface area contributed by atoms with E-state index in [1.165, 1.54) is 94.6 Å². The van der Waals surface area contributed by atoms with Gasteiger partial charge < -0.3 is 8.85 Å². The van der Waals surface area contributed by atoms with Gasteiger partial charge >= 0.3 is 8.56 Å². The molecule has 0 saturated carbocycles. The standard InChI is InChI=1S/C27H50O2Si/c1-6-9-10-11-12-13-14-15-16-17-18-19-20-23-28-30(7-2,8-3)29-27-22-21-25(4)26(5)24-27/h21-22,24H,6-20,23H2,1-5H3. The smallest absolute Gasteiger partial charge is 0.398 e. The predicted molar refractivity (Wildman–Crippen MR) is 135 cm³/mol. The third-order valence-corrected chi connectivity index (χ3v) is 9.97. The highest BCUT2D eigenvalue weighted by molar-refractivity contribution is 6.68. The number of hydrogen-bond donors (Lipinski definition) is 0. The van der Waals surface area contributed by atoms with Gasteiger partial charge in [-0.3, -0.25) is 0 Å². The van der Waals surface area contributed by atoms with E-state index in [0.717, 1.165) is 24.4 Å². The molecule has 1 aromatic rings. The van der Waals surface area contributed by atoms with Crippen LogP contribution in [0.15, 0.2) is 18.2 Å². The summed E-state index contributed by atoms with van der Waals surface area (Å²) in [4.78, 5) is 0. The summed E-state index contributed by atoms with van der Waals surface area (Å²) in [7, 11) is -2.13. The van der Waals surface area contributed by atoms with Gasteiger partial charge in [0.2, 0.25) is 0 Å². The van der Waals surface area contributed by atoms with Crippen LogP contribution in [0.1, 0.15) is 115 Å². The Morgan fingerprint density at radius 2 is 1.13 bits per heavy atom. The molecule has 0 heterocycles. The fourth-order valence-corrected chi connectivity index (χ4v) is 6.33. The van der Waals surface area contributed by atoms with Gasteiger partial charge in [0.15, 0.2) is 0 Å². The second-order valence-corrected chi connectivity index (χ2v) is 12.8. The largest absolute Gasteiger partial charge is 0.520 e. The molecule has 0 radical (unpaired) electrons. The first kappa shape index (κ1) is 27.2. The first-order valence-corrected chi connectivity index (χ1v) is 15.2. The summed E-state index contributed by atoms with van der Waals surface area (Å²) in [5, 5.41) is 0. The zero-order valence-electron chi connectivity index (χ0n) is 20.9. The van der Waals surface area contributed by atoms with Crippen molar-refractivity contribution in [3.8, 4) is 5.75 Å². The minimum Gasteiger partial charge on any atom is -0.520 e. The van der Waals surface area contributed by atoms with Gasteiger partial charge in [0.25, 0.3) is 0 Å². The van der Waals surface area contributed by atoms with Crippen LogP contribution in [0.4, 0.5) is 0 Å². The van der Waals surface area contributed by atoms with Crippen LogP contribution in [0.5, 0.6) is 5.75 Å². The second-order valence-electron chi connectivity index (χ2n) is 9.06. The Bertz CT molecular complexity index is 540. The topological polar surface area (TPSA) is 18.5 Å². The van der Waals surface area contributed by atoms with Gasteiger partial charge in [0, 0.05) is 6.61 Å². The molecule has 0 saturated heterocycles. The Kier molecular flexibility index (Phi) is 15.3. The molecule has 30 heavy (non-hydrogen) atoms. The third kappa shape index (κ3) is 11.6. The lowest BCUT2D eigenvalue weighted by atomic mass is 10.0. The summed E-state index contributed by atoms with van der Waals surface area (Å²) in [6.45, 7) is 11.9. The molecule has 1 aromatic carbocycles. The van der Waals surface area contributed by atoms with Crippen molar-refractivity contribution >= 4 is 8.56 Å². The molecule has 3 heteroatoms. The quantitative estimate of drug-likeness (QED) is 0.159. The van der Waals surface area contributed by atoms with Crippen molar-refractivity contribution in [2.24, 2.45) is 0 Å². The van der Waals surface area contributed by atoms with Gasteiger partial charge in [0.1, 0.15) is 5.75 Å². The fourth-order valence-electron chi connectivity index (χ4n) is 4.00. The zero-order valence-corrected chi connectivity index (χ0v) is 21.9. The van der Waals surface area contributed by atoms with Crippen LogP contribution in [-0.2, 0) is 4.43 Å². The van der Waals surface area contributed by atoms with Crippen molar-refractivity contribution in [3.05, 3.63) is 29.3 Å². The van der Waals surface area contributed by atoms with Crippen LogP contribution >= 0.6 is 0 Å². The number of rotatable bonds is 19. The summed E-state index contributed by atoms with van der Waals surface area (Å²) >= 11 is 0. The van der Waals surface area contributed by atoms with Crippen LogP contribution in [0.3, 0.4) is 0 Å². The normalized spacial score (nSPS) is 11.8. The van der Waals surface area contributed by atoms with Crippen LogP contribution in [0, 0.1) is 13.8 Å². The number of hydrogen-bond acceptors (Lipinski definition) is 2. The van der Waals surface area contributed by atoms with Gasteiger partial charge in [-0.1, -0.05) is 104 Å². The van der Waals surface area contributed by atoms with E-state index in [1.807, 2.05) is 0 Å². The van der Waals surface area contributed by atoms with E-state index in [0.29, 0.717) is 0 Å². The predicted octanol–water partition coefficient (Wildman–Crippen LogP) is 9.27. The van der Waals surface area contributed by atoms with E-state index >= 15 is 0 Å². The Morgan fingerprint density at radius 3 is 1.60 bits per heavy atom. The minimum absolute atomic E-state index is 0.858. The van der Waals surface area contributed by atoms with Crippen molar-refractivity contribution in [2.45, 2.75) is 130 Å². The maximum Gasteiger partial charge on any atom is 0.398 e. The maximum absolute atomic E-state index is 6.47. The van der Waals surface area contributed by atoms with Crippen molar-refractivity contribution < 1.29 is 8.85 Å². The lowest BCUT2D eigenvalue weighted by Gasteiger charge is -2.29. The van der Waals surface area contributed by atoms with Gasteiger partial charge in [-0.25, -0.2) is 0 Å². The number of unbranched alkanes of at least 4 members (excludes halogenated alkanes) is 12. The Labute approximate surface area is 189 Å². The minimum atomic E-state index is -2.13. The lowest BCUT2D eigenvalue weighted by molar-refractivity contribution is 0.230. The first-order valence-electron chi connectivity index (χ1n) is 13.0. The van der Waals surface area contributed by atoms with E-state index in [2.05, 4.69) is 52.8 Å². The molecule has 0 aromatic heterocycles. The summed E-state index contributed by atoms with van der Waals surface area (Å²) in [6, 6.07) is 8.44. The summed E-state index contributed by atoms with van der Waals surface area (Å²) in [5.41, 5.74) is 2.61. The molecule has 0 spiro atoms. The highest BCUT2D eigenvalue weighted by Crippen LogP contribution is 2.25. The van der Waals surface area contributed by atoms with Gasteiger partial charge in [-0.2, -0.15) is 0 Å². The molecule has 0 N–H and O–H groups in total. The third-order valence-electron chi connectivity index (χ3n) is 6.47. The van der Waals surface area contributed by atoms with E-state index in [9.17, 15) is 0 Å². The SMILES string of the molecule is CCCCCCCCCCCCCCCO[Si](CC)(CC)Oc1ccc(C)c(C)c1. The summed E-state index contributed by atoms with van der Waals surface area (Å²) in [5.74, 6) is 0.985. The molecule has 0 bridgehead atoms. The maximum atomic E-state index is 6.47. The first-order chi connectivity index (χ1) is 14.6. The Balaban J connectivity index is 2.12. The fraction of sp³-hybridized carbons (Fsp3) is 0.778. The molecular weight excluding hydrogens is 384 g/mol. The van der Waals surface area contributed by atoms with Gasteiger partial charge in [-0.15, -0.1) is 0 Å². The van der Waals surface area contributed by atoms with Crippen LogP contribution in [-0.4, -0.2) is 15.2 Å². The highest BCUT2D eigenvalue weighted by Gasteiger charge is 2.35. The molecule has 2 nitrogen and oxygen atoms in total. The Morgan fingerprint density at radius 1 is 0.633 bits per heavy atom. The van der Waals surface area contributed by atoms with E-state index < -0.39 is 8.56 Å². The number of benzene rings is 1. The zero-order chi connectivity index (χ0) is 22.1. The average Bonchev–Trinajstić information content (AvgIpc) is 2.75. The molecule has 0 aliphatic heterocycles. The van der Waals surface area contributed by atoms with Crippen LogP contribution in [0.25, 0.3) is 0 Å². The molecule has 1 rings (SSSR count). The van der Waals surface area contributed by atoms with E-state index in [1.54, 1.807) is 0 Å².